The first-order valence-corrected chi connectivity index (χ1v) is 30.8. The van der Waals surface area contributed by atoms with Crippen molar-refractivity contribution in [2.45, 2.75) is 224 Å². The Bertz CT molecular complexity index is 2380. The summed E-state index contributed by atoms with van der Waals surface area (Å²) >= 11 is 0. The molecule has 482 valence electrons. The van der Waals surface area contributed by atoms with E-state index in [1.165, 1.54) is 84.3 Å². The number of aromatic nitrogens is 2. The first-order chi connectivity index (χ1) is 41.2. The van der Waals surface area contributed by atoms with Gasteiger partial charge in [-0.3, -0.25) is 53.4 Å². The van der Waals surface area contributed by atoms with Gasteiger partial charge in [-0.1, -0.05) is 135 Å². The molecule has 26 nitrogen and oxygen atoms in total. The molecule has 1 aromatic heterocycles. The van der Waals surface area contributed by atoms with E-state index >= 15 is 0 Å². The maximum absolute atomic E-state index is 14.5. The zero-order chi connectivity index (χ0) is 63.7. The van der Waals surface area contributed by atoms with Crippen molar-refractivity contribution in [1.82, 2.24) is 63.1 Å². The van der Waals surface area contributed by atoms with Gasteiger partial charge in [0.2, 0.25) is 53.2 Å². The Morgan fingerprint density at radius 2 is 1.10 bits per heavy atom. The monoisotopic (exact) mass is 1210 g/mol. The summed E-state index contributed by atoms with van der Waals surface area (Å²) in [5, 5.41) is 43.2. The molecule has 8 atom stereocenters. The molecule has 17 N–H and O–H groups in total. The third kappa shape index (κ3) is 32.0. The fraction of sp³-hybridized carbons (Fsp3) is 0.667. The lowest BCUT2D eigenvalue weighted by atomic mass is 9.97. The second kappa shape index (κ2) is 43.9. The number of benzene rings is 1. The predicted octanol–water partition coefficient (Wildman–Crippen LogP) is 2.26. The van der Waals surface area contributed by atoms with Gasteiger partial charge in [0.1, 0.15) is 42.3 Å². The van der Waals surface area contributed by atoms with E-state index < -0.39 is 108 Å². The Hall–Kier alpha value is -7.64. The van der Waals surface area contributed by atoms with Gasteiger partial charge in [-0.05, 0) is 69.9 Å². The van der Waals surface area contributed by atoms with Crippen LogP contribution in [0.25, 0.3) is 0 Å². The molecule has 0 aliphatic carbocycles. The van der Waals surface area contributed by atoms with Gasteiger partial charge in [0.25, 0.3) is 0 Å². The molecule has 0 saturated carbocycles. The number of carboxylic acids is 1. The quantitative estimate of drug-likeness (QED) is 0.0257. The number of carbonyl (C=O) groups excluding carboxylic acids is 9. The van der Waals surface area contributed by atoms with E-state index in [0.717, 1.165) is 19.3 Å². The third-order valence-electron chi connectivity index (χ3n) is 14.8. The molecule has 0 fully saturated rings. The number of amides is 9. The van der Waals surface area contributed by atoms with Crippen molar-refractivity contribution < 1.29 is 53.1 Å². The topological polar surface area (TPSA) is 416 Å². The molecule has 0 aliphatic heterocycles. The van der Waals surface area contributed by atoms with Crippen LogP contribution in [0.5, 0.6) is 0 Å². The highest BCUT2D eigenvalue weighted by Crippen LogP contribution is 2.15. The fourth-order valence-corrected chi connectivity index (χ4v) is 9.43. The van der Waals surface area contributed by atoms with Crippen molar-refractivity contribution in [3.8, 4) is 0 Å². The molecular weight excluding hydrogens is 1110 g/mol. The molecule has 0 spiro atoms. The summed E-state index contributed by atoms with van der Waals surface area (Å²) in [6, 6.07) is -0.0608. The molecular formula is C60H101N15O11. The Labute approximate surface area is 507 Å². The van der Waals surface area contributed by atoms with Crippen LogP contribution in [0.2, 0.25) is 0 Å². The highest BCUT2D eigenvalue weighted by Gasteiger charge is 2.34. The molecule has 1 heterocycles. The smallest absolute Gasteiger partial charge is 0.303 e. The van der Waals surface area contributed by atoms with Crippen LogP contribution in [0.15, 0.2) is 42.9 Å². The van der Waals surface area contributed by atoms with E-state index in [1.807, 2.05) is 13.8 Å². The zero-order valence-corrected chi connectivity index (χ0v) is 51.4. The molecule has 0 saturated heterocycles. The number of H-pyrrole nitrogens is 1. The molecule has 0 bridgehead atoms. The van der Waals surface area contributed by atoms with Crippen LogP contribution in [0.3, 0.4) is 0 Å². The van der Waals surface area contributed by atoms with Gasteiger partial charge in [0.15, 0.2) is 5.96 Å². The van der Waals surface area contributed by atoms with Crippen molar-refractivity contribution in [2.75, 3.05) is 26.7 Å². The summed E-state index contributed by atoms with van der Waals surface area (Å²) in [4.78, 5) is 142. The molecule has 1 aromatic carbocycles. The Kier molecular flexibility index (Phi) is 38.0. The van der Waals surface area contributed by atoms with Gasteiger partial charge in [-0.15, -0.1) is 0 Å². The summed E-state index contributed by atoms with van der Waals surface area (Å²) in [6.45, 7) is 7.14. The maximum atomic E-state index is 14.5. The fourth-order valence-electron chi connectivity index (χ4n) is 9.43. The number of nitrogens with zero attached hydrogens (tertiary/aromatic N) is 1. The molecule has 0 unspecified atom stereocenters. The number of imidazole rings is 1. The number of nitrogens with one attached hydrogen (secondary N) is 12. The van der Waals surface area contributed by atoms with Gasteiger partial charge < -0.3 is 74.7 Å². The number of unbranched alkanes of at least 4 members (excludes halogenated alkanes) is 13. The van der Waals surface area contributed by atoms with Crippen molar-refractivity contribution in [1.29, 1.82) is 5.41 Å². The van der Waals surface area contributed by atoms with E-state index in [1.54, 1.807) is 30.3 Å². The lowest BCUT2D eigenvalue weighted by molar-refractivity contribution is -0.138. The summed E-state index contributed by atoms with van der Waals surface area (Å²) < 4.78 is 0. The largest absolute Gasteiger partial charge is 0.481 e. The number of likely N-dealkylation sites (N-methyl/N-ethyl adjacent to an activating group) is 1. The van der Waals surface area contributed by atoms with E-state index in [-0.39, 0.29) is 75.8 Å². The average molecular weight is 1210 g/mol. The summed E-state index contributed by atoms with van der Waals surface area (Å²) in [5.41, 5.74) is 12.2. The third-order valence-corrected chi connectivity index (χ3v) is 14.8. The van der Waals surface area contributed by atoms with Crippen LogP contribution in [0.4, 0.5) is 0 Å². The number of carboxylic acid groups (broad SMARTS) is 1. The van der Waals surface area contributed by atoms with Gasteiger partial charge in [-0.2, -0.15) is 0 Å². The molecule has 0 radical (unpaired) electrons. The number of nitrogens with two attached hydrogens (primary N) is 2. The molecule has 86 heavy (non-hydrogen) atoms. The van der Waals surface area contributed by atoms with Crippen LogP contribution in [-0.4, -0.2) is 149 Å². The Morgan fingerprint density at radius 3 is 1.63 bits per heavy atom. The lowest BCUT2D eigenvalue weighted by Crippen LogP contribution is -2.60. The predicted molar refractivity (Wildman–Crippen MR) is 327 cm³/mol. The van der Waals surface area contributed by atoms with Crippen molar-refractivity contribution >= 4 is 65.1 Å². The van der Waals surface area contributed by atoms with Crippen molar-refractivity contribution in [2.24, 2.45) is 17.4 Å². The molecule has 2 aromatic rings. The second-order valence-electron chi connectivity index (χ2n) is 22.0. The average Bonchev–Trinajstić information content (AvgIpc) is 3.53. The minimum Gasteiger partial charge on any atom is -0.481 e. The maximum Gasteiger partial charge on any atom is 0.303 e. The van der Waals surface area contributed by atoms with E-state index in [9.17, 15) is 53.1 Å². The number of guanidine groups is 1. The van der Waals surface area contributed by atoms with Gasteiger partial charge in [-0.25, -0.2) is 4.98 Å². The van der Waals surface area contributed by atoms with Gasteiger partial charge in [0.05, 0.1) is 12.9 Å². The normalized spacial score (nSPS) is 13.8. The standard InChI is InChI=1S/C60H101N15O11/c1-6-8-9-10-11-12-13-14-15-16-17-18-22-30-49(76)75-52(40(3)7-2)59(86)69-41(4)53(80)67-38-50(77)70-48(36-43-37-65-39-68-43)58(85)74-47(35-42-26-20-19-21-27-42)57(84)72-45(29-25-34-66-60(62)63)56(83)71-44(28-23-24-33-61)55(82)73-46(54(81)64-5)31-32-51(78)79/h19-21,26-27,37,39-41,44-48,52H,6-18,22-25,28-36,38,61H2,1-5H3,(H,64,81)(H,65,68)(H,67,80)(H,69,86)(H,70,77)(H,71,83)(H,72,84)(H,73,82)(H,74,85)(H,75,76)(H,78,79)(H4,62,63,66)/t40-,41-,44-,45-,46-,47-,48-,52-/m0/s1. The van der Waals surface area contributed by atoms with E-state index in [4.69, 9.17) is 16.9 Å². The molecule has 0 aliphatic rings. The summed E-state index contributed by atoms with van der Waals surface area (Å²) in [7, 11) is 1.32. The highest BCUT2D eigenvalue weighted by atomic mass is 16.4. The van der Waals surface area contributed by atoms with Crippen LogP contribution < -0.4 is 64.6 Å². The van der Waals surface area contributed by atoms with E-state index in [2.05, 4.69) is 70.1 Å². The molecule has 2 rings (SSSR count). The molecule has 9 amide bonds. The number of aromatic amines is 1. The SMILES string of the molecule is CCCCCCCCCCCCCCCC(=O)N[C@H](C(=O)N[C@@H](C)C(=O)NCC(=O)N[C@@H](Cc1cnc[nH]1)C(=O)N[C@@H](Cc1ccccc1)C(=O)N[C@@H](CCCNC(=N)N)C(=O)N[C@@H](CCCCN)C(=O)N[C@@H](CCC(=O)O)C(=O)NC)[C@@H](C)CC. The lowest BCUT2D eigenvalue weighted by Gasteiger charge is -2.27. The second-order valence-corrected chi connectivity index (χ2v) is 22.0. The number of hydrogen-bond donors (Lipinski definition) is 15. The molecule has 26 heteroatoms. The van der Waals surface area contributed by atoms with E-state index in [0.29, 0.717) is 36.9 Å². The Balaban J connectivity index is 2.23. The Morgan fingerprint density at radius 1 is 0.570 bits per heavy atom. The minimum absolute atomic E-state index is 0.0510. The minimum atomic E-state index is -1.39. The number of hydrogen-bond acceptors (Lipinski definition) is 13. The number of carbonyl (C=O) groups is 10. The highest BCUT2D eigenvalue weighted by molar-refractivity contribution is 5.97. The first-order valence-electron chi connectivity index (χ1n) is 30.8. The number of aliphatic carboxylic acids is 1. The van der Waals surface area contributed by atoms with Gasteiger partial charge >= 0.3 is 5.97 Å². The van der Waals surface area contributed by atoms with Gasteiger partial charge in [0, 0.05) is 51.2 Å². The van der Waals surface area contributed by atoms with Crippen molar-refractivity contribution in [3.63, 3.8) is 0 Å². The van der Waals surface area contributed by atoms with Crippen LogP contribution in [-0.2, 0) is 60.8 Å². The van der Waals surface area contributed by atoms with Crippen molar-refractivity contribution in [3.05, 3.63) is 54.1 Å². The first kappa shape index (κ1) is 74.5. The summed E-state index contributed by atoms with van der Waals surface area (Å²) in [6.07, 6.45) is 19.0. The zero-order valence-electron chi connectivity index (χ0n) is 51.4. The van der Waals surface area contributed by atoms with Crippen LogP contribution in [0, 0.1) is 11.3 Å². The number of rotatable bonds is 47. The van der Waals surface area contributed by atoms with Crippen LogP contribution in [0.1, 0.15) is 180 Å². The van der Waals surface area contributed by atoms with Crippen LogP contribution >= 0.6 is 0 Å². The summed E-state index contributed by atoms with van der Waals surface area (Å²) in [5.74, 6) is -8.05.